The van der Waals surface area contributed by atoms with E-state index in [1.165, 1.54) is 0 Å². The lowest BCUT2D eigenvalue weighted by molar-refractivity contribution is 0.472. The molecule has 0 rings (SSSR count). The van der Waals surface area contributed by atoms with Crippen molar-refractivity contribution < 1.29 is 8.42 Å². The highest BCUT2D eigenvalue weighted by atomic mass is 32.2. The molecule has 0 aromatic rings. The van der Waals surface area contributed by atoms with Gasteiger partial charge in [-0.05, 0) is 40.5 Å². The van der Waals surface area contributed by atoms with Crippen LogP contribution in [0.25, 0.3) is 0 Å². The Balaban J connectivity index is 5.13. The molecule has 0 heterocycles. The average Bonchev–Trinajstić information content (AvgIpc) is 2.03. The summed E-state index contributed by atoms with van der Waals surface area (Å²) in [5, 5.41) is 0. The monoisotopic (exact) mass is 234 g/mol. The van der Waals surface area contributed by atoms with Crippen molar-refractivity contribution in [1.29, 1.82) is 0 Å². The second-order valence-corrected chi connectivity index (χ2v) is 8.74. The van der Waals surface area contributed by atoms with Gasteiger partial charge < -0.3 is 0 Å². The van der Waals surface area contributed by atoms with E-state index in [0.29, 0.717) is 0 Å². The second-order valence-electron chi connectivity index (χ2n) is 5.52. The topological polar surface area (TPSA) is 34.1 Å². The van der Waals surface area contributed by atoms with Crippen molar-refractivity contribution in [2.45, 2.75) is 76.7 Å². The fourth-order valence-corrected chi connectivity index (χ4v) is 4.66. The van der Waals surface area contributed by atoms with Gasteiger partial charge in [-0.25, -0.2) is 8.42 Å². The van der Waals surface area contributed by atoms with E-state index in [0.717, 1.165) is 25.7 Å². The van der Waals surface area contributed by atoms with E-state index in [2.05, 4.69) is 0 Å². The summed E-state index contributed by atoms with van der Waals surface area (Å²) in [5.41, 5.74) is 0. The zero-order chi connectivity index (χ0) is 12.3. The van der Waals surface area contributed by atoms with Crippen molar-refractivity contribution in [2.24, 2.45) is 0 Å². The van der Waals surface area contributed by atoms with Crippen LogP contribution in [0.3, 0.4) is 0 Å². The van der Waals surface area contributed by atoms with Gasteiger partial charge in [-0.1, -0.05) is 26.7 Å². The lowest BCUT2D eigenvalue weighted by atomic mass is 10.1. The zero-order valence-corrected chi connectivity index (χ0v) is 11.9. The van der Waals surface area contributed by atoms with Crippen molar-refractivity contribution in [3.63, 3.8) is 0 Å². The molecule has 15 heavy (non-hydrogen) atoms. The minimum Gasteiger partial charge on any atom is -0.228 e. The Kier molecular flexibility index (Phi) is 4.84. The zero-order valence-electron chi connectivity index (χ0n) is 11.1. The molecule has 0 unspecified atom stereocenters. The summed E-state index contributed by atoms with van der Waals surface area (Å²) in [6.07, 6.45) is 3.30. The summed E-state index contributed by atoms with van der Waals surface area (Å²) >= 11 is 0. The van der Waals surface area contributed by atoms with Crippen LogP contribution in [0, 0.1) is 0 Å². The maximum atomic E-state index is 12.5. The first-order valence-electron chi connectivity index (χ1n) is 5.86. The van der Waals surface area contributed by atoms with Crippen LogP contribution in [0.5, 0.6) is 0 Å². The summed E-state index contributed by atoms with van der Waals surface area (Å²) in [6.45, 7) is 11.5. The van der Waals surface area contributed by atoms with Gasteiger partial charge in [0.05, 0.1) is 9.49 Å². The van der Waals surface area contributed by atoms with Gasteiger partial charge in [-0.3, -0.25) is 0 Å². The van der Waals surface area contributed by atoms with Crippen molar-refractivity contribution in [3.8, 4) is 0 Å². The molecule has 2 nitrogen and oxygen atoms in total. The van der Waals surface area contributed by atoms with E-state index in [4.69, 9.17) is 0 Å². The van der Waals surface area contributed by atoms with Gasteiger partial charge in [0.25, 0.3) is 0 Å². The molecule has 0 atom stereocenters. The summed E-state index contributed by atoms with van der Waals surface area (Å²) in [7, 11) is -3.06. The minimum atomic E-state index is -3.06. The van der Waals surface area contributed by atoms with E-state index in [9.17, 15) is 8.42 Å². The molecular formula is C12H26O2S. The summed E-state index contributed by atoms with van der Waals surface area (Å²) < 4.78 is 23.7. The molecule has 0 aliphatic carbocycles. The Labute approximate surface area is 95.4 Å². The van der Waals surface area contributed by atoms with Gasteiger partial charge in [-0.15, -0.1) is 0 Å². The largest absolute Gasteiger partial charge is 0.228 e. The molecule has 0 aromatic carbocycles. The summed E-state index contributed by atoms with van der Waals surface area (Å²) in [6, 6.07) is 0. The molecule has 0 radical (unpaired) electrons. The molecule has 0 aromatic heterocycles. The lowest BCUT2D eigenvalue weighted by Crippen LogP contribution is -2.45. The first-order chi connectivity index (χ1) is 6.62. The lowest BCUT2D eigenvalue weighted by Gasteiger charge is -2.35. The highest BCUT2D eigenvalue weighted by Crippen LogP contribution is 2.35. The molecule has 3 heteroatoms. The van der Waals surface area contributed by atoms with Crippen molar-refractivity contribution in [3.05, 3.63) is 0 Å². The highest BCUT2D eigenvalue weighted by molar-refractivity contribution is 7.94. The Hall–Kier alpha value is -0.0500. The summed E-state index contributed by atoms with van der Waals surface area (Å²) in [5.74, 6) is 0. The molecule has 0 spiro atoms. The van der Waals surface area contributed by atoms with Crippen LogP contribution in [0.15, 0.2) is 0 Å². The highest BCUT2D eigenvalue weighted by Gasteiger charge is 2.44. The van der Waals surface area contributed by atoms with Gasteiger partial charge in [0.15, 0.2) is 9.84 Å². The predicted octanol–water partition coefficient (Wildman–Crippen LogP) is 3.56. The molecule has 0 aliphatic rings. The molecule has 92 valence electrons. The molecule has 0 saturated carbocycles. The molecule has 0 aliphatic heterocycles. The van der Waals surface area contributed by atoms with E-state index in [-0.39, 0.29) is 0 Å². The normalized spacial score (nSPS) is 14.3. The maximum Gasteiger partial charge on any atom is 0.160 e. The van der Waals surface area contributed by atoms with Crippen LogP contribution in [-0.4, -0.2) is 17.9 Å². The maximum absolute atomic E-state index is 12.5. The average molecular weight is 234 g/mol. The number of sulfone groups is 1. The SMILES string of the molecule is CCCC(C)(C)S(=O)(=O)C(C)(C)CCC. The smallest absolute Gasteiger partial charge is 0.160 e. The first-order valence-corrected chi connectivity index (χ1v) is 7.35. The van der Waals surface area contributed by atoms with Gasteiger partial charge in [0, 0.05) is 0 Å². The number of hydrogen-bond acceptors (Lipinski definition) is 2. The molecule has 0 bridgehead atoms. The third-order valence-corrected chi connectivity index (χ3v) is 6.48. The van der Waals surface area contributed by atoms with Gasteiger partial charge in [0.2, 0.25) is 0 Å². The standard InChI is InChI=1S/C12H26O2S/c1-7-9-11(3,4)15(13,14)12(5,6)10-8-2/h7-10H2,1-6H3. The van der Waals surface area contributed by atoms with E-state index >= 15 is 0 Å². The molecule has 0 fully saturated rings. The predicted molar refractivity (Wildman–Crippen MR) is 66.9 cm³/mol. The van der Waals surface area contributed by atoms with Crippen LogP contribution in [0.2, 0.25) is 0 Å². The summed E-state index contributed by atoms with van der Waals surface area (Å²) in [4.78, 5) is 0. The van der Waals surface area contributed by atoms with Crippen LogP contribution in [-0.2, 0) is 9.84 Å². The van der Waals surface area contributed by atoms with E-state index in [1.54, 1.807) is 0 Å². The molecular weight excluding hydrogens is 208 g/mol. The van der Waals surface area contributed by atoms with Crippen LogP contribution in [0.4, 0.5) is 0 Å². The Morgan fingerprint density at radius 3 is 1.27 bits per heavy atom. The quantitative estimate of drug-likeness (QED) is 0.704. The Morgan fingerprint density at radius 2 is 1.07 bits per heavy atom. The van der Waals surface area contributed by atoms with Crippen molar-refractivity contribution in [2.75, 3.05) is 0 Å². The van der Waals surface area contributed by atoms with Gasteiger partial charge >= 0.3 is 0 Å². The minimum absolute atomic E-state index is 0.597. The first kappa shape index (κ1) is 14.9. The Morgan fingerprint density at radius 1 is 0.800 bits per heavy atom. The number of rotatable bonds is 6. The second kappa shape index (κ2) is 4.86. The van der Waals surface area contributed by atoms with Crippen LogP contribution >= 0.6 is 0 Å². The molecule has 0 amide bonds. The van der Waals surface area contributed by atoms with Crippen LogP contribution < -0.4 is 0 Å². The Bertz CT molecular complexity index is 263. The van der Waals surface area contributed by atoms with Crippen LogP contribution in [0.1, 0.15) is 67.2 Å². The fourth-order valence-electron chi connectivity index (χ4n) is 2.22. The van der Waals surface area contributed by atoms with Crippen molar-refractivity contribution >= 4 is 9.84 Å². The van der Waals surface area contributed by atoms with E-state index < -0.39 is 19.3 Å². The third-order valence-electron chi connectivity index (χ3n) is 3.16. The van der Waals surface area contributed by atoms with Crippen molar-refractivity contribution in [1.82, 2.24) is 0 Å². The number of hydrogen-bond donors (Lipinski definition) is 0. The molecule has 0 N–H and O–H groups in total. The third kappa shape index (κ3) is 2.96. The fraction of sp³-hybridized carbons (Fsp3) is 1.00. The van der Waals surface area contributed by atoms with Gasteiger partial charge in [-0.2, -0.15) is 0 Å². The molecule has 0 saturated heterocycles. The van der Waals surface area contributed by atoms with E-state index in [1.807, 2.05) is 41.5 Å². The van der Waals surface area contributed by atoms with Gasteiger partial charge in [0.1, 0.15) is 0 Å².